The van der Waals surface area contributed by atoms with E-state index in [1.807, 2.05) is 0 Å². The summed E-state index contributed by atoms with van der Waals surface area (Å²) >= 11 is 5.91. The molecule has 1 atom stereocenters. The highest BCUT2D eigenvalue weighted by atomic mass is 35.5. The van der Waals surface area contributed by atoms with E-state index in [4.69, 9.17) is 17.4 Å². The average molecular weight is 269 g/mol. The zero-order valence-corrected chi connectivity index (χ0v) is 11.0. The average Bonchev–Trinajstić information content (AvgIpc) is 3.19. The molecular formula is C12H17ClN4O. The number of aromatic nitrogens is 1. The fraction of sp³-hybridized carbons (Fsp3) is 0.500. The fourth-order valence-corrected chi connectivity index (χ4v) is 2.08. The normalized spacial score (nSPS) is 16.2. The molecule has 0 saturated heterocycles. The van der Waals surface area contributed by atoms with Crippen LogP contribution in [0.25, 0.3) is 0 Å². The quantitative estimate of drug-likeness (QED) is 0.562. The number of carbonyl (C=O) groups excluding carboxylic acids is 1. The highest BCUT2D eigenvalue weighted by Crippen LogP contribution is 2.36. The van der Waals surface area contributed by atoms with E-state index in [0.29, 0.717) is 28.9 Å². The van der Waals surface area contributed by atoms with Crippen LogP contribution in [0.1, 0.15) is 30.1 Å². The number of halogens is 1. The number of nitrogen functional groups attached to an aromatic ring is 1. The van der Waals surface area contributed by atoms with Gasteiger partial charge >= 0.3 is 0 Å². The van der Waals surface area contributed by atoms with Crippen molar-refractivity contribution in [3.8, 4) is 0 Å². The van der Waals surface area contributed by atoms with Crippen molar-refractivity contribution in [1.29, 1.82) is 0 Å². The minimum absolute atomic E-state index is 0.152. The molecule has 0 aliphatic heterocycles. The van der Waals surface area contributed by atoms with Crippen LogP contribution in [0.2, 0.25) is 5.02 Å². The first-order valence-corrected chi connectivity index (χ1v) is 6.40. The largest absolute Gasteiger partial charge is 0.352 e. The van der Waals surface area contributed by atoms with Crippen LogP contribution in [-0.4, -0.2) is 17.4 Å². The van der Waals surface area contributed by atoms with Crippen LogP contribution in [0.4, 0.5) is 5.82 Å². The first kappa shape index (κ1) is 13.1. The van der Waals surface area contributed by atoms with Gasteiger partial charge in [-0.1, -0.05) is 18.5 Å². The van der Waals surface area contributed by atoms with Gasteiger partial charge in [0.1, 0.15) is 0 Å². The van der Waals surface area contributed by atoms with E-state index in [0.717, 1.165) is 5.92 Å². The Morgan fingerprint density at radius 2 is 2.39 bits per heavy atom. The molecule has 1 saturated carbocycles. The van der Waals surface area contributed by atoms with Gasteiger partial charge in [-0.15, -0.1) is 0 Å². The Bertz CT molecular complexity index is 448. The Morgan fingerprint density at radius 3 is 2.94 bits per heavy atom. The molecule has 0 aromatic carbocycles. The lowest BCUT2D eigenvalue weighted by atomic mass is 10.1. The molecular weight excluding hydrogens is 252 g/mol. The van der Waals surface area contributed by atoms with Crippen LogP contribution in [0.3, 0.4) is 0 Å². The van der Waals surface area contributed by atoms with Gasteiger partial charge in [0.05, 0.1) is 10.6 Å². The van der Waals surface area contributed by atoms with Gasteiger partial charge in [0.25, 0.3) is 5.91 Å². The van der Waals surface area contributed by atoms with E-state index in [-0.39, 0.29) is 5.91 Å². The second kappa shape index (κ2) is 5.54. The molecule has 1 aromatic rings. The van der Waals surface area contributed by atoms with E-state index < -0.39 is 0 Å². The standard InChI is InChI=1S/C12H17ClN4O/c1-7(8-2-3-8)5-16-12(18)9-4-10(13)11(17-14)15-6-9/h4,6-8H,2-3,5,14H2,1H3,(H,15,17)(H,16,18). The van der Waals surface area contributed by atoms with Crippen molar-refractivity contribution in [2.24, 2.45) is 17.7 Å². The lowest BCUT2D eigenvalue weighted by Gasteiger charge is -2.11. The molecule has 1 heterocycles. The first-order chi connectivity index (χ1) is 8.61. The topological polar surface area (TPSA) is 80.0 Å². The summed E-state index contributed by atoms with van der Waals surface area (Å²) in [6.07, 6.45) is 4.01. The summed E-state index contributed by atoms with van der Waals surface area (Å²) in [5.74, 6) is 6.73. The number of pyridine rings is 1. The molecule has 0 bridgehead atoms. The van der Waals surface area contributed by atoms with Crippen molar-refractivity contribution < 1.29 is 4.79 Å². The van der Waals surface area contributed by atoms with Crippen molar-refractivity contribution in [2.45, 2.75) is 19.8 Å². The molecule has 1 unspecified atom stereocenters. The van der Waals surface area contributed by atoms with E-state index in [1.54, 1.807) is 6.07 Å². The monoisotopic (exact) mass is 268 g/mol. The second-order valence-corrected chi connectivity index (χ2v) is 5.13. The van der Waals surface area contributed by atoms with Gasteiger partial charge in [-0.05, 0) is 30.7 Å². The third-order valence-electron chi connectivity index (χ3n) is 3.25. The molecule has 18 heavy (non-hydrogen) atoms. The number of nitrogens with zero attached hydrogens (tertiary/aromatic N) is 1. The van der Waals surface area contributed by atoms with Gasteiger partial charge in [-0.3, -0.25) is 4.79 Å². The summed E-state index contributed by atoms with van der Waals surface area (Å²) in [4.78, 5) is 15.8. The van der Waals surface area contributed by atoms with Crippen molar-refractivity contribution >= 4 is 23.3 Å². The van der Waals surface area contributed by atoms with Gasteiger partial charge in [0.15, 0.2) is 5.82 Å². The summed E-state index contributed by atoms with van der Waals surface area (Å²) in [6, 6.07) is 1.56. The minimum atomic E-state index is -0.152. The minimum Gasteiger partial charge on any atom is -0.352 e. The second-order valence-electron chi connectivity index (χ2n) is 4.72. The number of amides is 1. The number of nitrogens with two attached hydrogens (primary N) is 1. The molecule has 1 fully saturated rings. The number of carbonyl (C=O) groups is 1. The maximum absolute atomic E-state index is 11.9. The van der Waals surface area contributed by atoms with Crippen LogP contribution in [-0.2, 0) is 0 Å². The molecule has 4 N–H and O–H groups in total. The predicted octanol–water partition coefficient (Wildman–Crippen LogP) is 1.80. The number of hydrogen-bond acceptors (Lipinski definition) is 4. The lowest BCUT2D eigenvalue weighted by Crippen LogP contribution is -2.29. The Morgan fingerprint density at radius 1 is 1.67 bits per heavy atom. The third-order valence-corrected chi connectivity index (χ3v) is 3.54. The van der Waals surface area contributed by atoms with E-state index in [1.165, 1.54) is 19.0 Å². The molecule has 1 aliphatic carbocycles. The van der Waals surface area contributed by atoms with Crippen LogP contribution in [0.5, 0.6) is 0 Å². The van der Waals surface area contributed by atoms with Gasteiger partial charge in [0.2, 0.25) is 0 Å². The number of anilines is 1. The van der Waals surface area contributed by atoms with Crippen LogP contribution >= 0.6 is 11.6 Å². The van der Waals surface area contributed by atoms with Gasteiger partial charge in [0, 0.05) is 12.7 Å². The maximum Gasteiger partial charge on any atom is 0.252 e. The van der Waals surface area contributed by atoms with Crippen molar-refractivity contribution in [3.63, 3.8) is 0 Å². The molecule has 0 radical (unpaired) electrons. The highest BCUT2D eigenvalue weighted by molar-refractivity contribution is 6.33. The van der Waals surface area contributed by atoms with E-state index in [9.17, 15) is 4.79 Å². The fourth-order valence-electron chi connectivity index (χ4n) is 1.86. The summed E-state index contributed by atoms with van der Waals surface area (Å²) < 4.78 is 0. The summed E-state index contributed by atoms with van der Waals surface area (Å²) in [7, 11) is 0. The molecule has 1 amide bonds. The van der Waals surface area contributed by atoms with Gasteiger partial charge in [-0.2, -0.15) is 0 Å². The molecule has 2 rings (SSSR count). The Labute approximate surface area is 111 Å². The SMILES string of the molecule is CC(CNC(=O)c1cnc(NN)c(Cl)c1)C1CC1. The third kappa shape index (κ3) is 3.11. The molecule has 0 spiro atoms. The molecule has 1 aliphatic rings. The van der Waals surface area contributed by atoms with Crippen molar-refractivity contribution in [3.05, 3.63) is 22.8 Å². The van der Waals surface area contributed by atoms with Crippen LogP contribution in [0.15, 0.2) is 12.3 Å². The number of nitrogens with one attached hydrogen (secondary N) is 2. The number of rotatable bonds is 5. The molecule has 5 nitrogen and oxygen atoms in total. The Hall–Kier alpha value is -1.33. The van der Waals surface area contributed by atoms with Gasteiger partial charge < -0.3 is 10.7 Å². The number of hydrazine groups is 1. The Balaban J connectivity index is 1.93. The van der Waals surface area contributed by atoms with Crippen molar-refractivity contribution in [1.82, 2.24) is 10.3 Å². The molecule has 6 heteroatoms. The van der Waals surface area contributed by atoms with Gasteiger partial charge in [-0.25, -0.2) is 10.8 Å². The zero-order valence-electron chi connectivity index (χ0n) is 10.2. The Kier molecular flexibility index (Phi) is 4.04. The van der Waals surface area contributed by atoms with E-state index in [2.05, 4.69) is 22.7 Å². The van der Waals surface area contributed by atoms with Crippen LogP contribution < -0.4 is 16.6 Å². The zero-order chi connectivity index (χ0) is 13.1. The number of hydrogen-bond donors (Lipinski definition) is 3. The van der Waals surface area contributed by atoms with Crippen molar-refractivity contribution in [2.75, 3.05) is 12.0 Å². The maximum atomic E-state index is 11.9. The molecule has 1 aromatic heterocycles. The summed E-state index contributed by atoms with van der Waals surface area (Å²) in [5, 5.41) is 3.23. The molecule has 98 valence electrons. The lowest BCUT2D eigenvalue weighted by molar-refractivity contribution is 0.0946. The van der Waals surface area contributed by atoms with E-state index >= 15 is 0 Å². The summed E-state index contributed by atoms with van der Waals surface area (Å²) in [5.41, 5.74) is 2.81. The first-order valence-electron chi connectivity index (χ1n) is 6.02. The smallest absolute Gasteiger partial charge is 0.252 e. The van der Waals surface area contributed by atoms with Crippen LogP contribution in [0, 0.1) is 11.8 Å². The highest BCUT2D eigenvalue weighted by Gasteiger charge is 2.27. The predicted molar refractivity (Wildman–Crippen MR) is 71.3 cm³/mol. The summed E-state index contributed by atoms with van der Waals surface area (Å²) in [6.45, 7) is 2.85.